The van der Waals surface area contributed by atoms with Crippen molar-refractivity contribution in [3.05, 3.63) is 48.0 Å². The van der Waals surface area contributed by atoms with E-state index in [0.29, 0.717) is 0 Å². The average molecular weight is 173 g/mol. The summed E-state index contributed by atoms with van der Waals surface area (Å²) in [5.74, 6) is 0. The summed E-state index contributed by atoms with van der Waals surface area (Å²) in [7, 11) is 0. The lowest BCUT2D eigenvalue weighted by atomic mass is 10.1. The van der Waals surface area contributed by atoms with E-state index in [1.54, 1.807) is 0 Å². The summed E-state index contributed by atoms with van der Waals surface area (Å²) in [5, 5.41) is 0. The van der Waals surface area contributed by atoms with Gasteiger partial charge in [-0.3, -0.25) is 4.90 Å². The SMILES string of the molecule is C=CCCN1Cc2ccccc2C1. The topological polar surface area (TPSA) is 3.24 Å². The van der Waals surface area contributed by atoms with Crippen LogP contribution in [0.1, 0.15) is 17.5 Å². The van der Waals surface area contributed by atoms with Gasteiger partial charge in [0.1, 0.15) is 0 Å². The Morgan fingerprint density at radius 2 is 1.85 bits per heavy atom. The lowest BCUT2D eigenvalue weighted by Crippen LogP contribution is -2.16. The zero-order valence-corrected chi connectivity index (χ0v) is 7.87. The standard InChI is InChI=1S/C12H15N/c1-2-3-8-13-9-11-6-4-5-7-12(11)10-13/h2,4-7H,1,3,8-10H2. The van der Waals surface area contributed by atoms with Crippen molar-refractivity contribution < 1.29 is 0 Å². The van der Waals surface area contributed by atoms with Crippen LogP contribution in [0.5, 0.6) is 0 Å². The second-order valence-corrected chi connectivity index (χ2v) is 3.56. The van der Waals surface area contributed by atoms with Gasteiger partial charge in [-0.15, -0.1) is 6.58 Å². The highest BCUT2D eigenvalue weighted by Crippen LogP contribution is 2.21. The monoisotopic (exact) mass is 173 g/mol. The molecular formula is C12H15N. The van der Waals surface area contributed by atoms with Gasteiger partial charge < -0.3 is 0 Å². The predicted octanol–water partition coefficient (Wildman–Crippen LogP) is 2.58. The van der Waals surface area contributed by atoms with E-state index in [9.17, 15) is 0 Å². The molecule has 1 aliphatic heterocycles. The molecule has 1 nitrogen and oxygen atoms in total. The van der Waals surface area contributed by atoms with E-state index >= 15 is 0 Å². The number of hydrogen-bond donors (Lipinski definition) is 0. The summed E-state index contributed by atoms with van der Waals surface area (Å²) in [5.41, 5.74) is 2.98. The van der Waals surface area contributed by atoms with Crippen molar-refractivity contribution in [1.82, 2.24) is 4.90 Å². The molecule has 0 atom stereocenters. The number of hydrogen-bond acceptors (Lipinski definition) is 1. The molecule has 1 aliphatic rings. The molecule has 0 bridgehead atoms. The lowest BCUT2D eigenvalue weighted by molar-refractivity contribution is 0.290. The van der Waals surface area contributed by atoms with Crippen LogP contribution in [0.2, 0.25) is 0 Å². The number of benzene rings is 1. The van der Waals surface area contributed by atoms with Gasteiger partial charge in [0.15, 0.2) is 0 Å². The normalized spacial score (nSPS) is 15.7. The second kappa shape index (κ2) is 3.75. The highest BCUT2D eigenvalue weighted by molar-refractivity contribution is 5.30. The summed E-state index contributed by atoms with van der Waals surface area (Å²) in [6, 6.07) is 8.69. The first kappa shape index (κ1) is 8.52. The van der Waals surface area contributed by atoms with Crippen molar-refractivity contribution >= 4 is 0 Å². The van der Waals surface area contributed by atoms with Crippen LogP contribution in [0.25, 0.3) is 0 Å². The maximum absolute atomic E-state index is 3.74. The quantitative estimate of drug-likeness (QED) is 0.635. The van der Waals surface area contributed by atoms with Gasteiger partial charge in [-0.1, -0.05) is 30.3 Å². The molecule has 1 heteroatoms. The van der Waals surface area contributed by atoms with Gasteiger partial charge in [0.2, 0.25) is 0 Å². The molecule has 1 aromatic carbocycles. The molecule has 0 spiro atoms. The number of fused-ring (bicyclic) bond motifs is 1. The fourth-order valence-corrected chi connectivity index (χ4v) is 1.84. The van der Waals surface area contributed by atoms with Gasteiger partial charge in [-0.05, 0) is 17.5 Å². The maximum Gasteiger partial charge on any atom is 0.0240 e. The van der Waals surface area contributed by atoms with E-state index < -0.39 is 0 Å². The largest absolute Gasteiger partial charge is 0.295 e. The molecule has 1 aromatic rings. The van der Waals surface area contributed by atoms with E-state index in [1.807, 2.05) is 6.08 Å². The summed E-state index contributed by atoms with van der Waals surface area (Å²) in [6.07, 6.45) is 3.08. The Hall–Kier alpha value is -1.08. The molecule has 0 N–H and O–H groups in total. The Bertz CT molecular complexity index is 279. The zero-order valence-electron chi connectivity index (χ0n) is 7.87. The molecule has 0 aliphatic carbocycles. The molecule has 0 saturated carbocycles. The zero-order chi connectivity index (χ0) is 9.10. The van der Waals surface area contributed by atoms with Crippen LogP contribution in [0, 0.1) is 0 Å². The highest BCUT2D eigenvalue weighted by atomic mass is 15.1. The minimum Gasteiger partial charge on any atom is -0.295 e. The van der Waals surface area contributed by atoms with Gasteiger partial charge >= 0.3 is 0 Å². The lowest BCUT2D eigenvalue weighted by Gasteiger charge is -2.12. The molecule has 13 heavy (non-hydrogen) atoms. The Balaban J connectivity index is 2.01. The second-order valence-electron chi connectivity index (χ2n) is 3.56. The van der Waals surface area contributed by atoms with Gasteiger partial charge in [0.05, 0.1) is 0 Å². The molecule has 1 heterocycles. The van der Waals surface area contributed by atoms with Gasteiger partial charge in [-0.25, -0.2) is 0 Å². The van der Waals surface area contributed by atoms with Crippen molar-refractivity contribution in [2.24, 2.45) is 0 Å². The fourth-order valence-electron chi connectivity index (χ4n) is 1.84. The van der Waals surface area contributed by atoms with Crippen LogP contribution in [-0.4, -0.2) is 11.4 Å². The molecule has 0 radical (unpaired) electrons. The van der Waals surface area contributed by atoms with E-state index in [4.69, 9.17) is 0 Å². The number of nitrogens with zero attached hydrogens (tertiary/aromatic N) is 1. The maximum atomic E-state index is 3.74. The molecule has 0 unspecified atom stereocenters. The molecule has 2 rings (SSSR count). The summed E-state index contributed by atoms with van der Waals surface area (Å²) < 4.78 is 0. The third-order valence-electron chi connectivity index (χ3n) is 2.56. The third-order valence-corrected chi connectivity index (χ3v) is 2.56. The van der Waals surface area contributed by atoms with E-state index in [-0.39, 0.29) is 0 Å². The van der Waals surface area contributed by atoms with E-state index in [0.717, 1.165) is 26.1 Å². The predicted molar refractivity (Wildman–Crippen MR) is 55.4 cm³/mol. The Kier molecular flexibility index (Phi) is 2.46. The summed E-state index contributed by atoms with van der Waals surface area (Å²) in [6.45, 7) is 7.11. The molecule has 0 aromatic heterocycles. The van der Waals surface area contributed by atoms with E-state index in [1.165, 1.54) is 11.1 Å². The molecular weight excluding hydrogens is 158 g/mol. The fraction of sp³-hybridized carbons (Fsp3) is 0.333. The third kappa shape index (κ3) is 1.81. The van der Waals surface area contributed by atoms with Crippen LogP contribution in [0.3, 0.4) is 0 Å². The van der Waals surface area contributed by atoms with Crippen LogP contribution < -0.4 is 0 Å². The number of rotatable bonds is 3. The minimum atomic E-state index is 1.09. The molecule has 68 valence electrons. The van der Waals surface area contributed by atoms with Crippen molar-refractivity contribution in [3.8, 4) is 0 Å². The van der Waals surface area contributed by atoms with Gasteiger partial charge in [0.25, 0.3) is 0 Å². The van der Waals surface area contributed by atoms with Crippen LogP contribution in [0.4, 0.5) is 0 Å². The minimum absolute atomic E-state index is 1.09. The Morgan fingerprint density at radius 3 is 2.38 bits per heavy atom. The van der Waals surface area contributed by atoms with Crippen LogP contribution in [-0.2, 0) is 13.1 Å². The van der Waals surface area contributed by atoms with E-state index in [2.05, 4.69) is 35.7 Å². The molecule has 0 amide bonds. The first-order valence-corrected chi connectivity index (χ1v) is 4.80. The molecule has 0 saturated heterocycles. The van der Waals surface area contributed by atoms with Gasteiger partial charge in [0, 0.05) is 19.6 Å². The van der Waals surface area contributed by atoms with Crippen molar-refractivity contribution in [2.75, 3.05) is 6.54 Å². The Morgan fingerprint density at radius 1 is 1.23 bits per heavy atom. The summed E-state index contributed by atoms with van der Waals surface area (Å²) in [4.78, 5) is 2.46. The van der Waals surface area contributed by atoms with Gasteiger partial charge in [-0.2, -0.15) is 0 Å². The van der Waals surface area contributed by atoms with Crippen molar-refractivity contribution in [1.29, 1.82) is 0 Å². The smallest absolute Gasteiger partial charge is 0.0240 e. The average Bonchev–Trinajstić information content (AvgIpc) is 2.57. The van der Waals surface area contributed by atoms with Crippen molar-refractivity contribution in [2.45, 2.75) is 19.5 Å². The first-order valence-electron chi connectivity index (χ1n) is 4.80. The van der Waals surface area contributed by atoms with Crippen molar-refractivity contribution in [3.63, 3.8) is 0 Å². The Labute approximate surface area is 79.7 Å². The molecule has 0 fully saturated rings. The first-order chi connectivity index (χ1) is 6.40. The summed E-state index contributed by atoms with van der Waals surface area (Å²) >= 11 is 0. The highest BCUT2D eigenvalue weighted by Gasteiger charge is 2.16. The van der Waals surface area contributed by atoms with Crippen LogP contribution in [0.15, 0.2) is 36.9 Å². The van der Waals surface area contributed by atoms with Crippen LogP contribution >= 0.6 is 0 Å².